The quantitative estimate of drug-likeness (QED) is 0.513. The molecule has 0 aromatic heterocycles. The lowest BCUT2D eigenvalue weighted by atomic mass is 10.4. The number of nitrogens with one attached hydrogen (secondary N) is 3. The van der Waals surface area contributed by atoms with Crippen LogP contribution in [0.4, 0.5) is 4.79 Å². The highest BCUT2D eigenvalue weighted by Gasteiger charge is 2.07. The number of amides is 1. The molecule has 0 aliphatic rings. The van der Waals surface area contributed by atoms with Gasteiger partial charge in [-0.05, 0) is 0 Å². The van der Waals surface area contributed by atoms with Gasteiger partial charge in [0.1, 0.15) is 11.9 Å². The lowest BCUT2D eigenvalue weighted by Gasteiger charge is -2.09. The molecule has 0 radical (unpaired) electrons. The number of methoxy groups -OCH3 is 1. The number of allylic oxidation sites excluding steroid dienone is 1. The Bertz CT molecular complexity index is 248. The summed E-state index contributed by atoms with van der Waals surface area (Å²) in [6, 6.07) is 1.81. The van der Waals surface area contributed by atoms with Crippen LogP contribution in [0.1, 0.15) is 0 Å². The van der Waals surface area contributed by atoms with E-state index >= 15 is 0 Å². The van der Waals surface area contributed by atoms with Gasteiger partial charge in [-0.15, -0.1) is 0 Å². The van der Waals surface area contributed by atoms with Crippen LogP contribution in [0.2, 0.25) is 0 Å². The van der Waals surface area contributed by atoms with Crippen molar-refractivity contribution in [2.24, 2.45) is 0 Å². The third-order valence-corrected chi connectivity index (χ3v) is 1.27. The second-order valence-corrected chi connectivity index (χ2v) is 1.98. The molecular formula is C7H12N4O2. The van der Waals surface area contributed by atoms with Crippen LogP contribution in [-0.2, 0) is 4.74 Å². The Morgan fingerprint density at radius 3 is 2.23 bits per heavy atom. The molecule has 0 unspecified atom stereocenters. The van der Waals surface area contributed by atoms with E-state index in [1.165, 1.54) is 7.11 Å². The number of rotatable bonds is 3. The van der Waals surface area contributed by atoms with E-state index in [1.54, 1.807) is 14.1 Å². The Hall–Kier alpha value is -1.90. The maximum Gasteiger partial charge on any atom is 0.411 e. The molecule has 0 rings (SSSR count). The molecule has 6 nitrogen and oxygen atoms in total. The van der Waals surface area contributed by atoms with Gasteiger partial charge in [-0.2, -0.15) is 5.26 Å². The minimum atomic E-state index is -0.681. The fourth-order valence-electron chi connectivity index (χ4n) is 0.674. The van der Waals surface area contributed by atoms with Gasteiger partial charge in [-0.1, -0.05) is 0 Å². The highest BCUT2D eigenvalue weighted by Crippen LogP contribution is 1.92. The predicted molar refractivity (Wildman–Crippen MR) is 46.3 cm³/mol. The van der Waals surface area contributed by atoms with Crippen LogP contribution in [0.5, 0.6) is 0 Å². The second-order valence-electron chi connectivity index (χ2n) is 1.98. The highest BCUT2D eigenvalue weighted by atomic mass is 16.5. The Labute approximate surface area is 76.6 Å². The van der Waals surface area contributed by atoms with E-state index in [9.17, 15) is 4.79 Å². The van der Waals surface area contributed by atoms with Crippen molar-refractivity contribution >= 4 is 6.09 Å². The highest BCUT2D eigenvalue weighted by molar-refractivity contribution is 5.70. The predicted octanol–water partition coefficient (Wildman–Crippen LogP) is -0.526. The number of hydrogen-bond donors (Lipinski definition) is 3. The number of hydrogen-bond acceptors (Lipinski definition) is 5. The van der Waals surface area contributed by atoms with E-state index in [4.69, 9.17) is 5.26 Å². The number of alkyl carbamates (subject to hydrolysis) is 1. The third kappa shape index (κ3) is 3.33. The summed E-state index contributed by atoms with van der Waals surface area (Å²) in [5, 5.41) is 16.3. The molecule has 0 spiro atoms. The summed E-state index contributed by atoms with van der Waals surface area (Å²) < 4.78 is 4.33. The topological polar surface area (TPSA) is 86.2 Å². The van der Waals surface area contributed by atoms with Crippen LogP contribution in [0.3, 0.4) is 0 Å². The largest absolute Gasteiger partial charge is 0.453 e. The first-order chi connectivity index (χ1) is 6.19. The van der Waals surface area contributed by atoms with Crippen LogP contribution >= 0.6 is 0 Å². The van der Waals surface area contributed by atoms with E-state index in [1.807, 2.05) is 6.07 Å². The lowest BCUT2D eigenvalue weighted by molar-refractivity contribution is 0.174. The average Bonchev–Trinajstić information content (AvgIpc) is 2.17. The number of nitriles is 1. The minimum absolute atomic E-state index is 0.0804. The zero-order valence-corrected chi connectivity index (χ0v) is 7.76. The first-order valence-corrected chi connectivity index (χ1v) is 3.54. The Morgan fingerprint density at radius 2 is 1.92 bits per heavy atom. The third-order valence-electron chi connectivity index (χ3n) is 1.27. The monoisotopic (exact) mass is 184 g/mol. The van der Waals surface area contributed by atoms with Crippen molar-refractivity contribution < 1.29 is 9.53 Å². The summed E-state index contributed by atoms with van der Waals surface area (Å²) in [7, 11) is 4.48. The Morgan fingerprint density at radius 1 is 1.38 bits per heavy atom. The molecule has 0 atom stereocenters. The molecule has 0 aliphatic carbocycles. The number of nitrogens with zero attached hydrogens (tertiary/aromatic N) is 1. The molecular weight excluding hydrogens is 172 g/mol. The maximum absolute atomic E-state index is 10.7. The fraction of sp³-hybridized carbons (Fsp3) is 0.429. The van der Waals surface area contributed by atoms with Gasteiger partial charge in [0.2, 0.25) is 0 Å². The van der Waals surface area contributed by atoms with Gasteiger partial charge >= 0.3 is 6.09 Å². The lowest BCUT2D eigenvalue weighted by Crippen LogP contribution is -2.30. The number of ether oxygens (including phenoxy) is 1. The van der Waals surface area contributed by atoms with Crippen LogP contribution in [0, 0.1) is 11.3 Å². The van der Waals surface area contributed by atoms with Crippen LogP contribution in [-0.4, -0.2) is 27.3 Å². The molecule has 1 amide bonds. The molecule has 0 bridgehead atoms. The fourth-order valence-corrected chi connectivity index (χ4v) is 0.674. The first-order valence-electron chi connectivity index (χ1n) is 3.54. The molecule has 0 saturated carbocycles. The molecule has 0 aromatic rings. The Kier molecular flexibility index (Phi) is 4.88. The normalized spacial score (nSPS) is 7.85. The first kappa shape index (κ1) is 11.1. The second kappa shape index (κ2) is 5.71. The molecule has 6 heteroatoms. The van der Waals surface area contributed by atoms with Gasteiger partial charge in [0.15, 0.2) is 5.70 Å². The zero-order chi connectivity index (χ0) is 10.3. The van der Waals surface area contributed by atoms with Crippen molar-refractivity contribution in [1.29, 1.82) is 5.26 Å². The van der Waals surface area contributed by atoms with Crippen molar-refractivity contribution in [2.75, 3.05) is 21.2 Å². The molecule has 3 N–H and O–H groups in total. The van der Waals surface area contributed by atoms with Crippen molar-refractivity contribution in [3.63, 3.8) is 0 Å². The summed E-state index contributed by atoms with van der Waals surface area (Å²) in [5.41, 5.74) is 0.0804. The molecule has 0 saturated heterocycles. The number of carbonyl (C=O) groups excluding carboxylic acids is 1. The molecule has 0 heterocycles. The zero-order valence-electron chi connectivity index (χ0n) is 7.76. The van der Waals surface area contributed by atoms with E-state index < -0.39 is 6.09 Å². The number of carbonyl (C=O) groups is 1. The molecule has 0 aromatic carbocycles. The van der Waals surface area contributed by atoms with Crippen LogP contribution in [0.15, 0.2) is 11.5 Å². The maximum atomic E-state index is 10.7. The SMILES string of the molecule is CNC(NC)=C(C#N)NC(=O)OC. The summed E-state index contributed by atoms with van der Waals surface area (Å²) in [5.74, 6) is 0.424. The standard InChI is InChI=1S/C7H12N4O2/c1-9-6(10-2)5(4-8)11-7(12)13-3/h9-10H,1-3H3,(H,11,12). The summed E-state index contributed by atoms with van der Waals surface area (Å²) >= 11 is 0. The van der Waals surface area contributed by atoms with E-state index in [0.717, 1.165) is 0 Å². The van der Waals surface area contributed by atoms with Gasteiger partial charge in [-0.25, -0.2) is 4.79 Å². The summed E-state index contributed by atoms with van der Waals surface area (Å²) in [6.07, 6.45) is -0.681. The van der Waals surface area contributed by atoms with Gasteiger partial charge < -0.3 is 15.4 Å². The van der Waals surface area contributed by atoms with Gasteiger partial charge in [-0.3, -0.25) is 5.32 Å². The molecule has 0 aliphatic heterocycles. The van der Waals surface area contributed by atoms with E-state index in [2.05, 4.69) is 20.7 Å². The summed E-state index contributed by atoms with van der Waals surface area (Å²) in [4.78, 5) is 10.7. The van der Waals surface area contributed by atoms with Gasteiger partial charge in [0.05, 0.1) is 7.11 Å². The van der Waals surface area contributed by atoms with Gasteiger partial charge in [0, 0.05) is 14.1 Å². The van der Waals surface area contributed by atoms with E-state index in [-0.39, 0.29) is 5.70 Å². The van der Waals surface area contributed by atoms with Crippen molar-refractivity contribution in [2.45, 2.75) is 0 Å². The van der Waals surface area contributed by atoms with Crippen LogP contribution in [0.25, 0.3) is 0 Å². The molecule has 0 fully saturated rings. The average molecular weight is 184 g/mol. The molecule has 13 heavy (non-hydrogen) atoms. The van der Waals surface area contributed by atoms with Crippen molar-refractivity contribution in [1.82, 2.24) is 16.0 Å². The van der Waals surface area contributed by atoms with Gasteiger partial charge in [0.25, 0.3) is 0 Å². The Balaban J connectivity index is 4.59. The molecule has 72 valence electrons. The van der Waals surface area contributed by atoms with Crippen LogP contribution < -0.4 is 16.0 Å². The van der Waals surface area contributed by atoms with Crippen molar-refractivity contribution in [3.8, 4) is 6.07 Å². The smallest absolute Gasteiger partial charge is 0.411 e. The van der Waals surface area contributed by atoms with Crippen molar-refractivity contribution in [3.05, 3.63) is 11.5 Å². The minimum Gasteiger partial charge on any atom is -0.453 e. The summed E-state index contributed by atoms with van der Waals surface area (Å²) in [6.45, 7) is 0. The van der Waals surface area contributed by atoms with E-state index in [0.29, 0.717) is 5.82 Å².